The second kappa shape index (κ2) is 7.11. The summed E-state index contributed by atoms with van der Waals surface area (Å²) in [4.78, 5) is 15.9. The topological polar surface area (TPSA) is 116 Å². The fourth-order valence-corrected chi connectivity index (χ4v) is 3.61. The highest BCUT2D eigenvalue weighted by Gasteiger charge is 2.25. The normalized spacial score (nSPS) is 16.4. The molecule has 7 heteroatoms. The Bertz CT molecular complexity index is 1120. The molecular weight excluding hydrogens is 350 g/mol. The minimum atomic E-state index is 0.0385. The molecule has 7 nitrogen and oxygen atoms in total. The second-order valence-electron chi connectivity index (χ2n) is 6.62. The van der Waals surface area contributed by atoms with Crippen LogP contribution in [0.25, 0.3) is 11.0 Å². The molecule has 5 N–H and O–H groups in total. The summed E-state index contributed by atoms with van der Waals surface area (Å²) in [6.45, 7) is 7.80. The maximum absolute atomic E-state index is 8.73. The third-order valence-electron chi connectivity index (χ3n) is 5.04. The van der Waals surface area contributed by atoms with Crippen LogP contribution in [0.15, 0.2) is 67.3 Å². The highest BCUT2D eigenvalue weighted by atomic mass is 15.1. The van der Waals surface area contributed by atoms with Crippen molar-refractivity contribution in [2.45, 2.75) is 18.9 Å². The number of fused-ring (bicyclic) bond motifs is 1. The van der Waals surface area contributed by atoms with Crippen molar-refractivity contribution in [3.63, 3.8) is 0 Å². The van der Waals surface area contributed by atoms with Gasteiger partial charge in [0.05, 0.1) is 17.3 Å². The molecule has 1 atom stereocenters. The zero-order valence-corrected chi connectivity index (χ0v) is 15.4. The van der Waals surface area contributed by atoms with Crippen molar-refractivity contribution < 1.29 is 0 Å². The van der Waals surface area contributed by atoms with Crippen LogP contribution in [0.5, 0.6) is 0 Å². The Labute approximate surface area is 162 Å². The Morgan fingerprint density at radius 3 is 2.93 bits per heavy atom. The quantitative estimate of drug-likeness (QED) is 0.494. The number of nitrogens with two attached hydrogens (primary N) is 1. The highest BCUT2D eigenvalue weighted by Crippen LogP contribution is 2.32. The number of hydrogen-bond donors (Lipinski definition) is 4. The van der Waals surface area contributed by atoms with Gasteiger partial charge in [0, 0.05) is 23.3 Å². The fraction of sp³-hybridized carbons (Fsp3) is 0.143. The van der Waals surface area contributed by atoms with Crippen LogP contribution >= 0.6 is 0 Å². The van der Waals surface area contributed by atoms with Crippen molar-refractivity contribution >= 4 is 28.4 Å². The van der Waals surface area contributed by atoms with Gasteiger partial charge in [0.2, 0.25) is 0 Å². The van der Waals surface area contributed by atoms with Crippen LogP contribution in [-0.2, 0) is 0 Å². The van der Waals surface area contributed by atoms with E-state index in [1.165, 1.54) is 11.9 Å². The van der Waals surface area contributed by atoms with E-state index in [0.29, 0.717) is 16.9 Å². The van der Waals surface area contributed by atoms with Gasteiger partial charge in [-0.05, 0) is 36.1 Å². The lowest BCUT2D eigenvalue weighted by Crippen LogP contribution is -2.22. The number of nitrogens with zero attached hydrogens (tertiary/aromatic N) is 3. The monoisotopic (exact) mass is 371 g/mol. The summed E-state index contributed by atoms with van der Waals surface area (Å²) in [5, 5.41) is 13.1. The van der Waals surface area contributed by atoms with Crippen LogP contribution in [0.1, 0.15) is 24.0 Å². The molecule has 1 aliphatic carbocycles. The van der Waals surface area contributed by atoms with Crippen molar-refractivity contribution in [1.29, 1.82) is 5.41 Å². The summed E-state index contributed by atoms with van der Waals surface area (Å²) in [6, 6.07) is 3.86. The predicted molar refractivity (Wildman–Crippen MR) is 113 cm³/mol. The predicted octanol–water partition coefficient (Wildman–Crippen LogP) is 3.59. The van der Waals surface area contributed by atoms with E-state index in [-0.39, 0.29) is 17.6 Å². The number of aromatic nitrogens is 4. The number of allylic oxidation sites excluding steroid dienone is 2. The standard InChI is InChI=1S/C21H21N7/c1-3-12-5-6-16(15(12)4-2)28-21-17(19(23)26-11-27-21)18(22)14-9-13-7-8-24-20(13)25-10-14/h3-4,7-11,16,22H,1-2,5-6H2,(H,24,25)(H3,23,26,27,28). The van der Waals surface area contributed by atoms with E-state index in [1.54, 1.807) is 6.20 Å². The molecule has 3 aromatic rings. The van der Waals surface area contributed by atoms with Crippen molar-refractivity contribution in [3.05, 3.63) is 78.4 Å². The van der Waals surface area contributed by atoms with Gasteiger partial charge in [-0.1, -0.05) is 25.3 Å². The first-order chi connectivity index (χ1) is 13.6. The average Bonchev–Trinajstić information content (AvgIpc) is 3.33. The number of hydrogen-bond acceptors (Lipinski definition) is 6. The van der Waals surface area contributed by atoms with Gasteiger partial charge < -0.3 is 16.0 Å². The molecule has 0 radical (unpaired) electrons. The molecule has 0 fully saturated rings. The van der Waals surface area contributed by atoms with Gasteiger partial charge in [-0.15, -0.1) is 0 Å². The van der Waals surface area contributed by atoms with E-state index in [4.69, 9.17) is 11.1 Å². The molecular formula is C21H21N7. The van der Waals surface area contributed by atoms with Gasteiger partial charge in [0.25, 0.3) is 0 Å². The summed E-state index contributed by atoms with van der Waals surface area (Å²) in [5.74, 6) is 0.782. The highest BCUT2D eigenvalue weighted by molar-refractivity contribution is 6.16. The van der Waals surface area contributed by atoms with Crippen LogP contribution in [-0.4, -0.2) is 31.7 Å². The first kappa shape index (κ1) is 17.7. The molecule has 140 valence electrons. The third-order valence-corrected chi connectivity index (χ3v) is 5.04. The number of nitrogen functional groups attached to an aromatic ring is 1. The summed E-state index contributed by atoms with van der Waals surface area (Å²) in [6.07, 6.45) is 10.4. The van der Waals surface area contributed by atoms with Crippen molar-refractivity contribution in [1.82, 2.24) is 19.9 Å². The molecule has 3 heterocycles. The van der Waals surface area contributed by atoms with Crippen LogP contribution in [0.2, 0.25) is 0 Å². The zero-order chi connectivity index (χ0) is 19.7. The minimum absolute atomic E-state index is 0.0385. The lowest BCUT2D eigenvalue weighted by atomic mass is 10.0. The molecule has 1 unspecified atom stereocenters. The number of pyridine rings is 1. The van der Waals surface area contributed by atoms with E-state index in [2.05, 4.69) is 38.4 Å². The summed E-state index contributed by atoms with van der Waals surface area (Å²) >= 11 is 0. The number of H-pyrrole nitrogens is 1. The molecule has 4 rings (SSSR count). The lowest BCUT2D eigenvalue weighted by molar-refractivity contribution is 0.799. The number of anilines is 2. The van der Waals surface area contributed by atoms with E-state index in [0.717, 1.165) is 29.4 Å². The van der Waals surface area contributed by atoms with Crippen LogP contribution in [0.4, 0.5) is 11.6 Å². The van der Waals surface area contributed by atoms with Crippen LogP contribution in [0, 0.1) is 5.41 Å². The Balaban J connectivity index is 1.72. The SMILES string of the molecule is C=CC1=C(C=C)C(Nc2ncnc(N)c2C(=N)c2cnc3[nH]ccc3c2)CC1. The van der Waals surface area contributed by atoms with E-state index in [1.807, 2.05) is 30.5 Å². The number of aromatic amines is 1. The molecule has 0 aliphatic heterocycles. The third kappa shape index (κ3) is 2.96. The second-order valence-corrected chi connectivity index (χ2v) is 6.62. The maximum atomic E-state index is 8.73. The first-order valence-electron chi connectivity index (χ1n) is 8.99. The largest absolute Gasteiger partial charge is 0.383 e. The van der Waals surface area contributed by atoms with Gasteiger partial charge in [-0.25, -0.2) is 15.0 Å². The zero-order valence-electron chi connectivity index (χ0n) is 15.4. The Morgan fingerprint density at radius 1 is 1.29 bits per heavy atom. The fourth-order valence-electron chi connectivity index (χ4n) is 3.61. The Hall–Kier alpha value is -3.74. The molecule has 1 aliphatic rings. The maximum Gasteiger partial charge on any atom is 0.141 e. The Morgan fingerprint density at radius 2 is 2.14 bits per heavy atom. The molecule has 0 amide bonds. The van der Waals surface area contributed by atoms with E-state index >= 15 is 0 Å². The molecule has 0 bridgehead atoms. The molecule has 0 aromatic carbocycles. The van der Waals surface area contributed by atoms with Crippen molar-refractivity contribution in [3.8, 4) is 0 Å². The molecule has 28 heavy (non-hydrogen) atoms. The van der Waals surface area contributed by atoms with Crippen molar-refractivity contribution in [2.75, 3.05) is 11.1 Å². The molecule has 0 spiro atoms. The average molecular weight is 371 g/mol. The Kier molecular flexibility index (Phi) is 4.49. The number of rotatable bonds is 6. The summed E-state index contributed by atoms with van der Waals surface area (Å²) < 4.78 is 0. The molecule has 0 saturated heterocycles. The van der Waals surface area contributed by atoms with Gasteiger partial charge in [0.1, 0.15) is 23.6 Å². The van der Waals surface area contributed by atoms with Gasteiger partial charge in [-0.3, -0.25) is 5.41 Å². The van der Waals surface area contributed by atoms with Crippen LogP contribution in [0.3, 0.4) is 0 Å². The molecule has 3 aromatic heterocycles. The van der Waals surface area contributed by atoms with Gasteiger partial charge >= 0.3 is 0 Å². The summed E-state index contributed by atoms with van der Waals surface area (Å²) in [7, 11) is 0. The molecule has 0 saturated carbocycles. The minimum Gasteiger partial charge on any atom is -0.383 e. The summed E-state index contributed by atoms with van der Waals surface area (Å²) in [5.41, 5.74) is 10.5. The number of nitrogens with one attached hydrogen (secondary N) is 3. The lowest BCUT2D eigenvalue weighted by Gasteiger charge is -2.19. The first-order valence-corrected chi connectivity index (χ1v) is 8.99. The van der Waals surface area contributed by atoms with Gasteiger partial charge in [0.15, 0.2) is 0 Å². The van der Waals surface area contributed by atoms with Crippen LogP contribution < -0.4 is 11.1 Å². The van der Waals surface area contributed by atoms with E-state index in [9.17, 15) is 0 Å². The smallest absolute Gasteiger partial charge is 0.141 e. The van der Waals surface area contributed by atoms with E-state index < -0.39 is 0 Å². The van der Waals surface area contributed by atoms with Gasteiger partial charge in [-0.2, -0.15) is 0 Å². The van der Waals surface area contributed by atoms with Crippen molar-refractivity contribution in [2.24, 2.45) is 0 Å².